The van der Waals surface area contributed by atoms with Gasteiger partial charge in [0.2, 0.25) is 5.91 Å². The molecule has 1 aromatic heterocycles. The van der Waals surface area contributed by atoms with Crippen molar-refractivity contribution in [2.24, 2.45) is 0 Å². The number of hydrogen-bond acceptors (Lipinski definition) is 3. The third kappa shape index (κ3) is 2.91. The van der Waals surface area contributed by atoms with Crippen LogP contribution in [-0.2, 0) is 10.2 Å². The van der Waals surface area contributed by atoms with E-state index in [0.717, 1.165) is 47.0 Å². The van der Waals surface area contributed by atoms with Crippen LogP contribution in [0.2, 0.25) is 5.02 Å². The molecule has 5 heteroatoms. The van der Waals surface area contributed by atoms with Gasteiger partial charge in [-0.05, 0) is 55.5 Å². The molecular formula is C21H21ClN2OS. The highest BCUT2D eigenvalue weighted by molar-refractivity contribution is 7.22. The monoisotopic (exact) mass is 384 g/mol. The van der Waals surface area contributed by atoms with Crippen LogP contribution in [0.15, 0.2) is 36.4 Å². The molecule has 0 spiro atoms. The number of carbonyl (C=O) groups excluding carboxylic acids is 1. The van der Waals surface area contributed by atoms with Gasteiger partial charge in [-0.1, -0.05) is 60.0 Å². The molecule has 26 heavy (non-hydrogen) atoms. The van der Waals surface area contributed by atoms with Crippen molar-refractivity contribution in [3.8, 4) is 0 Å². The third-order valence-corrected chi connectivity index (χ3v) is 6.81. The zero-order chi connectivity index (χ0) is 18.3. The van der Waals surface area contributed by atoms with E-state index in [2.05, 4.69) is 36.3 Å². The first kappa shape index (κ1) is 17.5. The number of carbonyl (C=O) groups is 1. The van der Waals surface area contributed by atoms with E-state index >= 15 is 0 Å². The zero-order valence-corrected chi connectivity index (χ0v) is 16.5. The van der Waals surface area contributed by atoms with Crippen molar-refractivity contribution in [1.82, 2.24) is 4.98 Å². The summed E-state index contributed by atoms with van der Waals surface area (Å²) in [4.78, 5) is 18.0. The molecule has 1 N–H and O–H groups in total. The number of aromatic nitrogens is 1. The average molecular weight is 385 g/mol. The van der Waals surface area contributed by atoms with Crippen molar-refractivity contribution in [1.29, 1.82) is 0 Å². The number of nitrogens with one attached hydrogen (secondary N) is 1. The van der Waals surface area contributed by atoms with E-state index in [-0.39, 0.29) is 5.91 Å². The quantitative estimate of drug-likeness (QED) is 0.600. The molecule has 3 nitrogen and oxygen atoms in total. The van der Waals surface area contributed by atoms with Crippen LogP contribution in [0.1, 0.15) is 42.4 Å². The Bertz CT molecular complexity index is 933. The normalized spacial score (nSPS) is 16.1. The Morgan fingerprint density at radius 1 is 1.08 bits per heavy atom. The highest BCUT2D eigenvalue weighted by Crippen LogP contribution is 2.43. The predicted molar refractivity (Wildman–Crippen MR) is 109 cm³/mol. The van der Waals surface area contributed by atoms with E-state index in [1.807, 2.05) is 24.3 Å². The number of benzene rings is 2. The fourth-order valence-corrected chi connectivity index (χ4v) is 5.06. The summed E-state index contributed by atoms with van der Waals surface area (Å²) in [5, 5.41) is 4.49. The molecule has 0 unspecified atom stereocenters. The highest BCUT2D eigenvalue weighted by Gasteiger charge is 2.43. The second-order valence-corrected chi connectivity index (χ2v) is 8.58. The summed E-state index contributed by atoms with van der Waals surface area (Å²) < 4.78 is 1.15. The average Bonchev–Trinajstić information content (AvgIpc) is 3.27. The maximum Gasteiger partial charge on any atom is 0.236 e. The Hall–Kier alpha value is -1.91. The number of anilines is 1. The SMILES string of the molecule is Cc1ccc(C)c2sc(NC(=O)C3(c4ccc(Cl)cc4)CCCC3)nc12. The molecule has 0 radical (unpaired) electrons. The molecular weight excluding hydrogens is 364 g/mol. The number of fused-ring (bicyclic) bond motifs is 1. The van der Waals surface area contributed by atoms with Crippen molar-refractivity contribution < 1.29 is 4.79 Å². The smallest absolute Gasteiger partial charge is 0.236 e. The van der Waals surface area contributed by atoms with E-state index in [9.17, 15) is 4.79 Å². The van der Waals surface area contributed by atoms with Gasteiger partial charge in [0.1, 0.15) is 0 Å². The first-order chi connectivity index (χ1) is 12.5. The lowest BCUT2D eigenvalue weighted by atomic mass is 9.78. The second-order valence-electron chi connectivity index (χ2n) is 7.15. The number of rotatable bonds is 3. The molecule has 0 saturated heterocycles. The van der Waals surface area contributed by atoms with Crippen molar-refractivity contribution in [3.05, 3.63) is 58.1 Å². The van der Waals surface area contributed by atoms with Gasteiger partial charge in [-0.2, -0.15) is 0 Å². The summed E-state index contributed by atoms with van der Waals surface area (Å²) in [5.74, 6) is 0.0479. The number of nitrogens with zero attached hydrogens (tertiary/aromatic N) is 1. The minimum atomic E-state index is -0.480. The molecule has 134 valence electrons. The lowest BCUT2D eigenvalue weighted by Gasteiger charge is -2.27. The first-order valence-corrected chi connectivity index (χ1v) is 10.1. The molecule has 1 amide bonds. The topological polar surface area (TPSA) is 42.0 Å². The van der Waals surface area contributed by atoms with Gasteiger partial charge in [-0.15, -0.1) is 0 Å². The summed E-state index contributed by atoms with van der Waals surface area (Å²) in [7, 11) is 0. The molecule has 1 heterocycles. The molecule has 4 rings (SSSR count). The van der Waals surface area contributed by atoms with Crippen LogP contribution in [-0.4, -0.2) is 10.9 Å². The van der Waals surface area contributed by atoms with Crippen LogP contribution in [0.3, 0.4) is 0 Å². The molecule has 1 aliphatic rings. The van der Waals surface area contributed by atoms with Crippen LogP contribution in [0.25, 0.3) is 10.2 Å². The molecule has 0 bridgehead atoms. The fraction of sp³-hybridized carbons (Fsp3) is 0.333. The van der Waals surface area contributed by atoms with Gasteiger partial charge in [-0.25, -0.2) is 4.98 Å². The van der Waals surface area contributed by atoms with Crippen LogP contribution in [0.5, 0.6) is 0 Å². The largest absolute Gasteiger partial charge is 0.301 e. The summed E-state index contributed by atoms with van der Waals surface area (Å²) in [6.45, 7) is 4.14. The lowest BCUT2D eigenvalue weighted by molar-refractivity contribution is -0.121. The molecule has 0 aliphatic heterocycles. The molecule has 3 aromatic rings. The second kappa shape index (κ2) is 6.67. The highest BCUT2D eigenvalue weighted by atomic mass is 35.5. The van der Waals surface area contributed by atoms with E-state index in [0.29, 0.717) is 10.2 Å². The van der Waals surface area contributed by atoms with Crippen LogP contribution in [0.4, 0.5) is 5.13 Å². The maximum atomic E-state index is 13.3. The van der Waals surface area contributed by atoms with E-state index in [4.69, 9.17) is 11.6 Å². The van der Waals surface area contributed by atoms with Gasteiger partial charge < -0.3 is 5.32 Å². The van der Waals surface area contributed by atoms with Crippen molar-refractivity contribution in [2.45, 2.75) is 44.9 Å². The van der Waals surface area contributed by atoms with Gasteiger partial charge in [0.05, 0.1) is 15.6 Å². The Morgan fingerprint density at radius 3 is 2.38 bits per heavy atom. The van der Waals surface area contributed by atoms with Crippen molar-refractivity contribution in [2.75, 3.05) is 5.32 Å². The number of hydrogen-bond donors (Lipinski definition) is 1. The Labute approximate surface area is 162 Å². The van der Waals surface area contributed by atoms with Gasteiger partial charge in [0, 0.05) is 5.02 Å². The predicted octanol–water partition coefficient (Wildman–Crippen LogP) is 6.02. The minimum Gasteiger partial charge on any atom is -0.301 e. The maximum absolute atomic E-state index is 13.3. The number of thiazole rings is 1. The summed E-state index contributed by atoms with van der Waals surface area (Å²) in [6, 6.07) is 11.9. The fourth-order valence-electron chi connectivity index (χ4n) is 3.92. The molecule has 1 aliphatic carbocycles. The zero-order valence-electron chi connectivity index (χ0n) is 14.9. The number of amides is 1. The standard InChI is InChI=1S/C21H21ClN2OS/c1-13-5-6-14(2)18-17(13)23-20(26-18)24-19(25)21(11-3-4-12-21)15-7-9-16(22)10-8-15/h5-10H,3-4,11-12H2,1-2H3,(H,23,24,25). The number of halogens is 1. The first-order valence-electron chi connectivity index (χ1n) is 8.94. The summed E-state index contributed by atoms with van der Waals surface area (Å²) >= 11 is 7.60. The Balaban J connectivity index is 1.68. The lowest BCUT2D eigenvalue weighted by Crippen LogP contribution is -2.37. The number of aryl methyl sites for hydroxylation is 2. The van der Waals surface area contributed by atoms with Crippen molar-refractivity contribution in [3.63, 3.8) is 0 Å². The van der Waals surface area contributed by atoms with Crippen LogP contribution >= 0.6 is 22.9 Å². The molecule has 1 saturated carbocycles. The van der Waals surface area contributed by atoms with Gasteiger partial charge in [-0.3, -0.25) is 4.79 Å². The van der Waals surface area contributed by atoms with Gasteiger partial charge >= 0.3 is 0 Å². The summed E-state index contributed by atoms with van der Waals surface area (Å²) in [6.07, 6.45) is 3.86. The van der Waals surface area contributed by atoms with Gasteiger partial charge in [0.25, 0.3) is 0 Å². The van der Waals surface area contributed by atoms with Gasteiger partial charge in [0.15, 0.2) is 5.13 Å². The van der Waals surface area contributed by atoms with E-state index in [1.54, 1.807) is 11.3 Å². The molecule has 0 atom stereocenters. The van der Waals surface area contributed by atoms with Crippen molar-refractivity contribution >= 4 is 44.2 Å². The van der Waals surface area contributed by atoms with E-state index < -0.39 is 5.41 Å². The van der Waals surface area contributed by atoms with Crippen LogP contribution in [0, 0.1) is 13.8 Å². The van der Waals surface area contributed by atoms with Crippen LogP contribution < -0.4 is 5.32 Å². The molecule has 2 aromatic carbocycles. The third-order valence-electron chi connectivity index (χ3n) is 5.45. The Morgan fingerprint density at radius 2 is 1.73 bits per heavy atom. The Kier molecular flexibility index (Phi) is 4.49. The summed E-state index contributed by atoms with van der Waals surface area (Å²) in [5.41, 5.74) is 3.88. The minimum absolute atomic E-state index is 0.0479. The molecule has 1 fully saturated rings. The van der Waals surface area contributed by atoms with E-state index in [1.165, 1.54) is 5.56 Å².